The third-order valence-electron chi connectivity index (χ3n) is 6.37. The summed E-state index contributed by atoms with van der Waals surface area (Å²) in [5.74, 6) is 0.133. The number of anilines is 1. The van der Waals surface area contributed by atoms with Gasteiger partial charge in [-0.15, -0.1) is 0 Å². The monoisotopic (exact) mass is 536 g/mol. The first-order valence-corrected chi connectivity index (χ1v) is 13.9. The van der Waals surface area contributed by atoms with E-state index in [4.69, 9.17) is 17.2 Å². The standard InChI is InChI=1S/C28H32N4O3S2/c1-3-4-5-6-10-15-32-27(35)23(37-28(32)36)17-21-24(29-18-22(33)20-13-8-7-9-14-20)30-25-19(2)12-11-16-31(25)26(21)34/h7-9,11-14,16-17,22,29,33H,3-6,10,15,18H2,1-2H3/b23-17-/t22-/m1/s1. The number of hydrogen-bond donors (Lipinski definition) is 2. The highest BCUT2D eigenvalue weighted by Crippen LogP contribution is 2.33. The van der Waals surface area contributed by atoms with E-state index in [1.165, 1.54) is 22.6 Å². The van der Waals surface area contributed by atoms with E-state index in [1.54, 1.807) is 23.2 Å². The molecule has 0 unspecified atom stereocenters. The molecule has 7 nitrogen and oxygen atoms in total. The van der Waals surface area contributed by atoms with Crippen LogP contribution >= 0.6 is 24.0 Å². The molecule has 3 heterocycles. The van der Waals surface area contributed by atoms with Crippen LogP contribution in [0.25, 0.3) is 11.7 Å². The van der Waals surface area contributed by atoms with E-state index in [-0.39, 0.29) is 23.6 Å². The van der Waals surface area contributed by atoms with E-state index >= 15 is 0 Å². The van der Waals surface area contributed by atoms with Crippen LogP contribution in [0.1, 0.15) is 61.8 Å². The van der Waals surface area contributed by atoms with E-state index < -0.39 is 6.10 Å². The average molecular weight is 537 g/mol. The summed E-state index contributed by atoms with van der Waals surface area (Å²) in [6.45, 7) is 4.78. The number of hydrogen-bond acceptors (Lipinski definition) is 7. The molecule has 1 aromatic carbocycles. The van der Waals surface area contributed by atoms with Gasteiger partial charge in [-0.1, -0.05) is 93.0 Å². The van der Waals surface area contributed by atoms with Crippen molar-refractivity contribution in [3.05, 3.63) is 80.6 Å². The van der Waals surface area contributed by atoms with Gasteiger partial charge in [0.1, 0.15) is 15.8 Å². The van der Waals surface area contributed by atoms with Crippen LogP contribution in [0.15, 0.2) is 58.4 Å². The molecular formula is C28H32N4O3S2. The lowest BCUT2D eigenvalue weighted by atomic mass is 10.1. The Labute approximate surface area is 226 Å². The van der Waals surface area contributed by atoms with Crippen molar-refractivity contribution in [1.29, 1.82) is 0 Å². The van der Waals surface area contributed by atoms with Crippen LogP contribution in [0.5, 0.6) is 0 Å². The SMILES string of the molecule is CCCCCCCN1C(=O)/C(=C/c2c(NC[C@@H](O)c3ccccc3)nc3c(C)cccn3c2=O)SC1=S. The number of aryl methyl sites for hydroxylation is 1. The molecular weight excluding hydrogens is 504 g/mol. The highest BCUT2D eigenvalue weighted by Gasteiger charge is 2.32. The molecule has 0 radical (unpaired) electrons. The number of benzene rings is 1. The van der Waals surface area contributed by atoms with E-state index in [0.29, 0.717) is 27.2 Å². The molecule has 1 amide bonds. The number of rotatable bonds is 11. The molecule has 9 heteroatoms. The van der Waals surface area contributed by atoms with Crippen LogP contribution in [0, 0.1) is 6.92 Å². The molecule has 1 aliphatic rings. The molecule has 0 saturated carbocycles. The number of nitrogens with zero attached hydrogens (tertiary/aromatic N) is 3. The Balaban J connectivity index is 1.63. The number of thiocarbonyl (C=S) groups is 1. The summed E-state index contributed by atoms with van der Waals surface area (Å²) in [4.78, 5) is 33.5. The van der Waals surface area contributed by atoms with Crippen LogP contribution in [0.3, 0.4) is 0 Å². The maximum Gasteiger partial charge on any atom is 0.267 e. The zero-order chi connectivity index (χ0) is 26.4. The molecule has 1 aliphatic heterocycles. The van der Waals surface area contributed by atoms with Crippen LogP contribution in [0.2, 0.25) is 0 Å². The predicted octanol–water partition coefficient (Wildman–Crippen LogP) is 5.32. The van der Waals surface area contributed by atoms with Gasteiger partial charge < -0.3 is 10.4 Å². The zero-order valence-corrected chi connectivity index (χ0v) is 22.8. The van der Waals surface area contributed by atoms with Crippen molar-refractivity contribution in [1.82, 2.24) is 14.3 Å². The first-order chi connectivity index (χ1) is 17.9. The van der Waals surface area contributed by atoms with Gasteiger partial charge >= 0.3 is 0 Å². The lowest BCUT2D eigenvalue weighted by molar-refractivity contribution is -0.122. The van der Waals surface area contributed by atoms with Crippen molar-refractivity contribution in [3.63, 3.8) is 0 Å². The van der Waals surface area contributed by atoms with Crippen molar-refractivity contribution >= 4 is 51.7 Å². The number of fused-ring (bicyclic) bond motifs is 1. The molecule has 0 spiro atoms. The summed E-state index contributed by atoms with van der Waals surface area (Å²) in [6, 6.07) is 13.0. The lowest BCUT2D eigenvalue weighted by Crippen LogP contribution is -2.29. The number of unbranched alkanes of at least 4 members (excludes halogenated alkanes) is 4. The first kappa shape index (κ1) is 27.0. The Hall–Kier alpha value is -3.01. The number of thioether (sulfide) groups is 1. The Morgan fingerprint density at radius 1 is 1.11 bits per heavy atom. The minimum Gasteiger partial charge on any atom is -0.387 e. The van der Waals surface area contributed by atoms with Crippen LogP contribution in [0.4, 0.5) is 5.82 Å². The van der Waals surface area contributed by atoms with Crippen LogP contribution < -0.4 is 10.9 Å². The molecule has 2 N–H and O–H groups in total. The number of aliphatic hydroxyl groups is 1. The van der Waals surface area contributed by atoms with Crippen molar-refractivity contribution in [2.45, 2.75) is 52.1 Å². The van der Waals surface area contributed by atoms with E-state index in [9.17, 15) is 14.7 Å². The van der Waals surface area contributed by atoms with Crippen LogP contribution in [-0.4, -0.2) is 42.7 Å². The van der Waals surface area contributed by atoms with E-state index in [0.717, 1.165) is 36.8 Å². The van der Waals surface area contributed by atoms with Gasteiger partial charge in [0.15, 0.2) is 0 Å². The molecule has 1 fully saturated rings. The smallest absolute Gasteiger partial charge is 0.267 e. The second kappa shape index (κ2) is 12.5. The van der Waals surface area contributed by atoms with Gasteiger partial charge in [-0.25, -0.2) is 4.98 Å². The normalized spacial score (nSPS) is 15.6. The Morgan fingerprint density at radius 2 is 1.86 bits per heavy atom. The van der Waals surface area contributed by atoms with Gasteiger partial charge in [0, 0.05) is 19.3 Å². The number of amides is 1. The third-order valence-corrected chi connectivity index (χ3v) is 7.74. The summed E-state index contributed by atoms with van der Waals surface area (Å²) in [5.41, 5.74) is 2.07. The number of aromatic nitrogens is 2. The topological polar surface area (TPSA) is 86.9 Å². The third kappa shape index (κ3) is 6.29. The van der Waals surface area contributed by atoms with E-state index in [2.05, 4.69) is 12.2 Å². The fourth-order valence-corrected chi connectivity index (χ4v) is 5.55. The minimum absolute atomic E-state index is 0.151. The number of carbonyl (C=O) groups is 1. The zero-order valence-electron chi connectivity index (χ0n) is 21.1. The predicted molar refractivity (Wildman–Crippen MR) is 155 cm³/mol. The van der Waals surface area contributed by atoms with Gasteiger partial charge in [0.2, 0.25) is 0 Å². The molecule has 3 aromatic rings. The number of pyridine rings is 1. The summed E-state index contributed by atoms with van der Waals surface area (Å²) in [5, 5.41) is 13.8. The average Bonchev–Trinajstić information content (AvgIpc) is 3.17. The first-order valence-electron chi connectivity index (χ1n) is 12.6. The van der Waals surface area contributed by atoms with Crippen molar-refractivity contribution in [3.8, 4) is 0 Å². The summed E-state index contributed by atoms with van der Waals surface area (Å²) in [7, 11) is 0. The van der Waals surface area contributed by atoms with Crippen molar-refractivity contribution in [2.24, 2.45) is 0 Å². The summed E-state index contributed by atoms with van der Waals surface area (Å²) in [6.07, 6.45) is 7.89. The second-order valence-electron chi connectivity index (χ2n) is 9.12. The quantitative estimate of drug-likeness (QED) is 0.195. The van der Waals surface area contributed by atoms with Gasteiger partial charge in [0.05, 0.1) is 16.6 Å². The Bertz CT molecular complexity index is 1370. The number of nitrogens with one attached hydrogen (secondary N) is 1. The minimum atomic E-state index is -0.794. The fourth-order valence-electron chi connectivity index (χ4n) is 4.26. The Morgan fingerprint density at radius 3 is 2.62 bits per heavy atom. The number of carbonyl (C=O) groups excluding carboxylic acids is 1. The van der Waals surface area contributed by atoms with Gasteiger partial charge in [0.25, 0.3) is 11.5 Å². The summed E-state index contributed by atoms with van der Waals surface area (Å²) < 4.78 is 1.99. The molecule has 4 rings (SSSR count). The van der Waals surface area contributed by atoms with E-state index in [1.807, 2.05) is 43.3 Å². The molecule has 1 saturated heterocycles. The molecule has 37 heavy (non-hydrogen) atoms. The van der Waals surface area contributed by atoms with Gasteiger partial charge in [-0.3, -0.25) is 18.9 Å². The van der Waals surface area contributed by atoms with Crippen molar-refractivity contribution in [2.75, 3.05) is 18.4 Å². The number of aliphatic hydroxyl groups excluding tert-OH is 1. The van der Waals surface area contributed by atoms with Crippen LogP contribution in [-0.2, 0) is 4.79 Å². The summed E-state index contributed by atoms with van der Waals surface area (Å²) >= 11 is 6.70. The molecule has 0 bridgehead atoms. The van der Waals surface area contributed by atoms with Gasteiger partial charge in [-0.05, 0) is 36.6 Å². The highest BCUT2D eigenvalue weighted by atomic mass is 32.2. The molecule has 194 valence electrons. The maximum absolute atomic E-state index is 13.6. The molecule has 1 atom stereocenters. The Kier molecular flexibility index (Phi) is 9.13. The molecule has 0 aliphatic carbocycles. The van der Waals surface area contributed by atoms with Gasteiger partial charge in [-0.2, -0.15) is 0 Å². The van der Waals surface area contributed by atoms with Crippen molar-refractivity contribution < 1.29 is 9.90 Å². The fraction of sp³-hybridized carbons (Fsp3) is 0.357. The lowest BCUT2D eigenvalue weighted by Gasteiger charge is -2.16. The second-order valence-corrected chi connectivity index (χ2v) is 10.8. The molecule has 2 aromatic heterocycles. The largest absolute Gasteiger partial charge is 0.387 e. The highest BCUT2D eigenvalue weighted by molar-refractivity contribution is 8.26. The maximum atomic E-state index is 13.6.